The van der Waals surface area contributed by atoms with Gasteiger partial charge >= 0.3 is 0 Å². The van der Waals surface area contributed by atoms with Crippen molar-refractivity contribution < 1.29 is 13.9 Å². The van der Waals surface area contributed by atoms with Gasteiger partial charge in [-0.3, -0.25) is 4.79 Å². The highest BCUT2D eigenvalue weighted by molar-refractivity contribution is 9.10. The van der Waals surface area contributed by atoms with Gasteiger partial charge in [-0.25, -0.2) is 4.39 Å². The van der Waals surface area contributed by atoms with Crippen molar-refractivity contribution in [1.29, 1.82) is 0 Å². The molecule has 2 rings (SSSR count). The van der Waals surface area contributed by atoms with Gasteiger partial charge < -0.3 is 4.74 Å². The fourth-order valence-corrected chi connectivity index (χ4v) is 1.88. The summed E-state index contributed by atoms with van der Waals surface area (Å²) >= 11 is 3.16. The monoisotopic (exact) mass is 258 g/mol. The number of halogens is 2. The highest BCUT2D eigenvalue weighted by Crippen LogP contribution is 2.30. The molecule has 0 spiro atoms. The minimum atomic E-state index is -0.513. The molecule has 2 nitrogen and oxygen atoms in total. The first-order valence-corrected chi connectivity index (χ1v) is 5.13. The van der Waals surface area contributed by atoms with E-state index in [9.17, 15) is 9.18 Å². The van der Waals surface area contributed by atoms with Gasteiger partial charge in [0.1, 0.15) is 11.6 Å². The zero-order chi connectivity index (χ0) is 10.1. The van der Waals surface area contributed by atoms with Crippen molar-refractivity contribution in [3.8, 4) is 5.75 Å². The Bertz CT molecular complexity index is 390. The molecule has 1 aliphatic heterocycles. The summed E-state index contributed by atoms with van der Waals surface area (Å²) in [5, 5.41) is 0. The van der Waals surface area contributed by atoms with Crippen molar-refractivity contribution >= 4 is 21.7 Å². The Kier molecular flexibility index (Phi) is 2.54. The summed E-state index contributed by atoms with van der Waals surface area (Å²) in [7, 11) is 0. The Labute approximate surface area is 89.2 Å². The van der Waals surface area contributed by atoms with E-state index < -0.39 is 5.82 Å². The second-order valence-corrected chi connectivity index (χ2v) is 4.05. The van der Waals surface area contributed by atoms with Crippen LogP contribution >= 0.6 is 15.9 Å². The number of Topliss-reactive ketones (excluding diaryl/α,β-unsaturated/α-hetero) is 1. The molecule has 0 unspecified atom stereocenters. The number of fused-ring (bicyclic) bond motifs is 1. The van der Waals surface area contributed by atoms with Crippen LogP contribution in [0.15, 0.2) is 16.6 Å². The predicted molar refractivity (Wildman–Crippen MR) is 53.2 cm³/mol. The van der Waals surface area contributed by atoms with Gasteiger partial charge in [0.2, 0.25) is 0 Å². The second kappa shape index (κ2) is 3.69. The lowest BCUT2D eigenvalue weighted by atomic mass is 10.1. The lowest BCUT2D eigenvalue weighted by Gasteiger charge is -2.07. The molecule has 0 saturated carbocycles. The fourth-order valence-electron chi connectivity index (χ4n) is 1.47. The molecular formula is C10H8BrFO2. The Morgan fingerprint density at radius 1 is 1.43 bits per heavy atom. The van der Waals surface area contributed by atoms with E-state index in [4.69, 9.17) is 4.74 Å². The van der Waals surface area contributed by atoms with Gasteiger partial charge in [-0.15, -0.1) is 0 Å². The first-order valence-electron chi connectivity index (χ1n) is 4.33. The Balaban J connectivity index is 2.58. The number of benzene rings is 1. The number of hydrogen-bond acceptors (Lipinski definition) is 2. The van der Waals surface area contributed by atoms with Crippen LogP contribution in [0, 0.1) is 5.82 Å². The van der Waals surface area contributed by atoms with Gasteiger partial charge in [0, 0.05) is 10.9 Å². The van der Waals surface area contributed by atoms with Crippen molar-refractivity contribution in [3.63, 3.8) is 0 Å². The largest absolute Gasteiger partial charge is 0.493 e. The van der Waals surface area contributed by atoms with Crippen LogP contribution < -0.4 is 4.74 Å². The summed E-state index contributed by atoms with van der Waals surface area (Å²) in [6.45, 7) is 0.467. The van der Waals surface area contributed by atoms with Gasteiger partial charge in [-0.1, -0.05) is 15.9 Å². The first kappa shape index (κ1) is 9.65. The summed E-state index contributed by atoms with van der Waals surface area (Å²) < 4.78 is 19.3. The summed E-state index contributed by atoms with van der Waals surface area (Å²) in [6.07, 6.45) is 0.996. The van der Waals surface area contributed by atoms with Gasteiger partial charge in [0.15, 0.2) is 5.78 Å². The Morgan fingerprint density at radius 3 is 3.00 bits per heavy atom. The molecule has 1 aromatic rings. The van der Waals surface area contributed by atoms with E-state index in [0.717, 1.165) is 0 Å². The van der Waals surface area contributed by atoms with Crippen molar-refractivity contribution in [3.05, 3.63) is 28.0 Å². The van der Waals surface area contributed by atoms with E-state index in [0.29, 0.717) is 29.7 Å². The SMILES string of the molecule is O=C1CCCOc2cc(Br)cc(F)c21. The van der Waals surface area contributed by atoms with Gasteiger partial charge in [0.05, 0.1) is 12.2 Å². The summed E-state index contributed by atoms with van der Waals surface area (Å²) in [6, 6.07) is 2.91. The molecule has 14 heavy (non-hydrogen) atoms. The van der Waals surface area contributed by atoms with Crippen LogP contribution in [0.5, 0.6) is 5.75 Å². The molecular weight excluding hydrogens is 251 g/mol. The van der Waals surface area contributed by atoms with Crippen molar-refractivity contribution in [2.45, 2.75) is 12.8 Å². The Morgan fingerprint density at radius 2 is 2.21 bits per heavy atom. The molecule has 0 aliphatic carbocycles. The third-order valence-electron chi connectivity index (χ3n) is 2.10. The maximum Gasteiger partial charge on any atom is 0.169 e. The number of ketones is 1. The standard InChI is InChI=1S/C10H8BrFO2/c11-6-4-7(12)10-8(13)2-1-3-14-9(10)5-6/h4-5H,1-3H2. The van der Waals surface area contributed by atoms with Gasteiger partial charge in [-0.2, -0.15) is 0 Å². The Hall–Kier alpha value is -0.900. The minimum Gasteiger partial charge on any atom is -0.493 e. The molecule has 0 N–H and O–H groups in total. The van der Waals surface area contributed by atoms with Gasteiger partial charge in [0.25, 0.3) is 0 Å². The molecule has 0 amide bonds. The quantitative estimate of drug-likeness (QED) is 0.716. The smallest absolute Gasteiger partial charge is 0.169 e. The number of carbonyl (C=O) groups is 1. The highest BCUT2D eigenvalue weighted by Gasteiger charge is 2.21. The molecule has 4 heteroatoms. The third-order valence-corrected chi connectivity index (χ3v) is 2.56. The van der Waals surface area contributed by atoms with E-state index in [1.54, 1.807) is 6.07 Å². The van der Waals surface area contributed by atoms with E-state index in [1.807, 2.05) is 0 Å². The zero-order valence-corrected chi connectivity index (χ0v) is 8.93. The van der Waals surface area contributed by atoms with Crippen LogP contribution in [-0.4, -0.2) is 12.4 Å². The van der Waals surface area contributed by atoms with Crippen LogP contribution in [0.25, 0.3) is 0 Å². The molecule has 0 fully saturated rings. The molecule has 0 bridgehead atoms. The van der Waals surface area contributed by atoms with Crippen LogP contribution in [0.1, 0.15) is 23.2 Å². The molecule has 74 valence electrons. The van der Waals surface area contributed by atoms with Crippen molar-refractivity contribution in [2.75, 3.05) is 6.61 Å². The topological polar surface area (TPSA) is 26.3 Å². The molecule has 1 aromatic carbocycles. The molecule has 0 atom stereocenters. The van der Waals surface area contributed by atoms with Crippen molar-refractivity contribution in [1.82, 2.24) is 0 Å². The number of rotatable bonds is 0. The van der Waals surface area contributed by atoms with E-state index in [-0.39, 0.29) is 11.3 Å². The maximum atomic E-state index is 13.4. The van der Waals surface area contributed by atoms with Crippen LogP contribution in [0.4, 0.5) is 4.39 Å². The van der Waals surface area contributed by atoms with Gasteiger partial charge in [-0.05, 0) is 18.6 Å². The lowest BCUT2D eigenvalue weighted by Crippen LogP contribution is -2.01. The van der Waals surface area contributed by atoms with Crippen LogP contribution in [0.2, 0.25) is 0 Å². The predicted octanol–water partition coefficient (Wildman–Crippen LogP) is 2.94. The summed E-state index contributed by atoms with van der Waals surface area (Å²) in [5.41, 5.74) is 0.0886. The average Bonchev–Trinajstić information content (AvgIpc) is 2.27. The maximum absolute atomic E-state index is 13.4. The zero-order valence-electron chi connectivity index (χ0n) is 7.35. The fraction of sp³-hybridized carbons (Fsp3) is 0.300. The molecule has 0 saturated heterocycles. The molecule has 0 radical (unpaired) electrons. The normalized spacial score (nSPS) is 15.7. The average molecular weight is 259 g/mol. The first-order chi connectivity index (χ1) is 6.68. The third kappa shape index (κ3) is 1.66. The highest BCUT2D eigenvalue weighted by atomic mass is 79.9. The van der Waals surface area contributed by atoms with Crippen molar-refractivity contribution in [2.24, 2.45) is 0 Å². The second-order valence-electron chi connectivity index (χ2n) is 3.14. The summed E-state index contributed by atoms with van der Waals surface area (Å²) in [5.74, 6) is -0.344. The molecule has 0 aromatic heterocycles. The molecule has 1 aliphatic rings. The number of ether oxygens (including phenoxy) is 1. The van der Waals surface area contributed by atoms with Crippen LogP contribution in [-0.2, 0) is 0 Å². The summed E-state index contributed by atoms with van der Waals surface area (Å²) in [4.78, 5) is 11.5. The number of hydrogen-bond donors (Lipinski definition) is 0. The molecule has 1 heterocycles. The van der Waals surface area contributed by atoms with E-state index >= 15 is 0 Å². The number of carbonyl (C=O) groups excluding carboxylic acids is 1. The lowest BCUT2D eigenvalue weighted by molar-refractivity contribution is 0.0979. The minimum absolute atomic E-state index is 0.0886. The van der Waals surface area contributed by atoms with E-state index in [1.165, 1.54) is 6.07 Å². The van der Waals surface area contributed by atoms with Crippen LogP contribution in [0.3, 0.4) is 0 Å². The van der Waals surface area contributed by atoms with E-state index in [2.05, 4.69) is 15.9 Å².